The number of furan rings is 1. The molecule has 0 fully saturated rings. The lowest BCUT2D eigenvalue weighted by Crippen LogP contribution is -2.06. The van der Waals surface area contributed by atoms with Crippen LogP contribution in [0.15, 0.2) is 108 Å². The monoisotopic (exact) mass is 439 g/mol. The maximum absolute atomic E-state index is 6.34. The molecule has 0 saturated carbocycles. The Kier molecular flexibility index (Phi) is 4.04. The lowest BCUT2D eigenvalue weighted by molar-refractivity contribution is 0.641. The Morgan fingerprint density at radius 3 is 1.97 bits per heavy atom. The van der Waals surface area contributed by atoms with Gasteiger partial charge in [0, 0.05) is 22.7 Å². The smallest absolute Gasteiger partial charge is 0.241 e. The summed E-state index contributed by atoms with van der Waals surface area (Å²) < 4.78 is 8.28. The molecule has 6 nitrogen and oxygen atoms in total. The predicted octanol–water partition coefficient (Wildman–Crippen LogP) is 6.44. The van der Waals surface area contributed by atoms with Crippen LogP contribution in [0.3, 0.4) is 0 Å². The summed E-state index contributed by atoms with van der Waals surface area (Å²) in [5.41, 5.74) is 5.03. The number of aromatic nitrogens is 5. The lowest BCUT2D eigenvalue weighted by atomic mass is 10.2. The van der Waals surface area contributed by atoms with Gasteiger partial charge in [-0.2, -0.15) is 9.97 Å². The van der Waals surface area contributed by atoms with E-state index in [1.54, 1.807) is 6.20 Å². The molecular formula is C28H17N5O. The third-order valence-electron chi connectivity index (χ3n) is 5.93. The van der Waals surface area contributed by atoms with E-state index in [0.29, 0.717) is 23.3 Å². The SMILES string of the molecule is c1ccc(-c2nc(-c3ccccc3)nc(-n3c4cccnc4c4c5ccccc5oc43)n2)cc1. The van der Waals surface area contributed by atoms with Gasteiger partial charge < -0.3 is 4.42 Å². The van der Waals surface area contributed by atoms with Crippen LogP contribution in [0, 0.1) is 0 Å². The van der Waals surface area contributed by atoms with Crippen molar-refractivity contribution in [3.63, 3.8) is 0 Å². The fourth-order valence-electron chi connectivity index (χ4n) is 4.39. The second-order valence-electron chi connectivity index (χ2n) is 8.00. The molecule has 0 spiro atoms. The van der Waals surface area contributed by atoms with Crippen LogP contribution in [-0.2, 0) is 0 Å². The molecular weight excluding hydrogens is 422 g/mol. The summed E-state index contributed by atoms with van der Waals surface area (Å²) >= 11 is 0. The molecule has 0 aliphatic rings. The van der Waals surface area contributed by atoms with Gasteiger partial charge in [-0.3, -0.25) is 4.98 Å². The Balaban J connectivity index is 1.59. The van der Waals surface area contributed by atoms with Gasteiger partial charge in [-0.15, -0.1) is 0 Å². The van der Waals surface area contributed by atoms with E-state index in [2.05, 4.69) is 11.1 Å². The Hall–Kier alpha value is -4.84. The number of hydrogen-bond donors (Lipinski definition) is 0. The number of benzene rings is 3. The van der Waals surface area contributed by atoms with Crippen LogP contribution in [0.25, 0.3) is 61.8 Å². The number of pyridine rings is 1. The van der Waals surface area contributed by atoms with Crippen LogP contribution in [0.5, 0.6) is 0 Å². The Morgan fingerprint density at radius 1 is 0.618 bits per heavy atom. The minimum atomic E-state index is 0.486. The molecule has 0 aliphatic heterocycles. The summed E-state index contributed by atoms with van der Waals surface area (Å²) in [6.07, 6.45) is 1.80. The molecule has 160 valence electrons. The van der Waals surface area contributed by atoms with Crippen molar-refractivity contribution in [1.29, 1.82) is 0 Å². The van der Waals surface area contributed by atoms with Crippen molar-refractivity contribution in [3.05, 3.63) is 103 Å². The van der Waals surface area contributed by atoms with E-state index < -0.39 is 0 Å². The van der Waals surface area contributed by atoms with Crippen molar-refractivity contribution in [2.75, 3.05) is 0 Å². The number of nitrogens with zero attached hydrogens (tertiary/aromatic N) is 5. The van der Waals surface area contributed by atoms with E-state index in [-0.39, 0.29) is 0 Å². The maximum Gasteiger partial charge on any atom is 0.241 e. The minimum absolute atomic E-state index is 0.486. The molecule has 0 atom stereocenters. The molecule has 7 aromatic rings. The van der Waals surface area contributed by atoms with Gasteiger partial charge in [-0.1, -0.05) is 78.9 Å². The van der Waals surface area contributed by atoms with E-state index in [1.165, 1.54) is 0 Å². The quantitative estimate of drug-likeness (QED) is 0.317. The molecule has 7 rings (SSSR count). The van der Waals surface area contributed by atoms with E-state index in [9.17, 15) is 0 Å². The highest BCUT2D eigenvalue weighted by molar-refractivity contribution is 6.18. The molecule has 0 bridgehead atoms. The summed E-state index contributed by atoms with van der Waals surface area (Å²) in [7, 11) is 0. The fraction of sp³-hybridized carbons (Fsp3) is 0. The topological polar surface area (TPSA) is 69.6 Å². The van der Waals surface area contributed by atoms with Gasteiger partial charge in [-0.25, -0.2) is 9.55 Å². The zero-order valence-electron chi connectivity index (χ0n) is 18.0. The molecule has 0 saturated heterocycles. The second-order valence-corrected chi connectivity index (χ2v) is 8.00. The third-order valence-corrected chi connectivity index (χ3v) is 5.93. The molecule has 4 heterocycles. The molecule has 0 aliphatic carbocycles. The van der Waals surface area contributed by atoms with Crippen molar-refractivity contribution < 1.29 is 4.42 Å². The minimum Gasteiger partial charge on any atom is -0.439 e. The summed E-state index contributed by atoms with van der Waals surface area (Å²) in [5, 5.41) is 1.97. The standard InChI is InChI=1S/C28H17N5O/c1-3-10-18(11-4-1)25-30-26(19-12-5-2-6-13-19)32-28(31-25)33-21-15-9-17-29-24(21)23-20-14-7-8-16-22(20)34-27(23)33/h1-17H. The average molecular weight is 439 g/mol. The van der Waals surface area contributed by atoms with Crippen LogP contribution in [0.2, 0.25) is 0 Å². The van der Waals surface area contributed by atoms with E-state index >= 15 is 0 Å². The zero-order chi connectivity index (χ0) is 22.5. The van der Waals surface area contributed by atoms with Crippen LogP contribution in [-0.4, -0.2) is 24.5 Å². The summed E-state index contributed by atoms with van der Waals surface area (Å²) in [6, 6.07) is 31.8. The third kappa shape index (κ3) is 2.82. The first-order valence-electron chi connectivity index (χ1n) is 11.0. The van der Waals surface area contributed by atoms with Gasteiger partial charge in [-0.05, 0) is 18.2 Å². The normalized spacial score (nSPS) is 11.5. The number of hydrogen-bond acceptors (Lipinski definition) is 5. The van der Waals surface area contributed by atoms with E-state index in [1.807, 2.05) is 95.6 Å². The molecule has 0 radical (unpaired) electrons. The first-order chi connectivity index (χ1) is 16.9. The zero-order valence-corrected chi connectivity index (χ0v) is 18.0. The molecule has 0 amide bonds. The van der Waals surface area contributed by atoms with Crippen molar-refractivity contribution in [3.8, 4) is 28.7 Å². The van der Waals surface area contributed by atoms with Gasteiger partial charge in [0.2, 0.25) is 11.7 Å². The first kappa shape index (κ1) is 18.7. The first-order valence-corrected chi connectivity index (χ1v) is 11.0. The van der Waals surface area contributed by atoms with Gasteiger partial charge >= 0.3 is 0 Å². The van der Waals surface area contributed by atoms with Gasteiger partial charge in [0.05, 0.1) is 10.9 Å². The lowest BCUT2D eigenvalue weighted by Gasteiger charge is -2.09. The Labute approximate surface area is 194 Å². The molecule has 4 aromatic heterocycles. The van der Waals surface area contributed by atoms with E-state index in [0.717, 1.165) is 38.5 Å². The molecule has 34 heavy (non-hydrogen) atoms. The Bertz CT molecular complexity index is 1750. The average Bonchev–Trinajstić information content (AvgIpc) is 3.44. The molecule has 6 heteroatoms. The van der Waals surface area contributed by atoms with Crippen molar-refractivity contribution >= 4 is 33.1 Å². The van der Waals surface area contributed by atoms with Gasteiger partial charge in [0.25, 0.3) is 0 Å². The maximum atomic E-state index is 6.34. The van der Waals surface area contributed by atoms with Gasteiger partial charge in [0.15, 0.2) is 11.6 Å². The summed E-state index contributed by atoms with van der Waals surface area (Å²) in [5.74, 6) is 1.68. The highest BCUT2D eigenvalue weighted by Gasteiger charge is 2.22. The number of rotatable bonds is 3. The molecule has 0 N–H and O–H groups in total. The summed E-state index contributed by atoms with van der Waals surface area (Å²) in [4.78, 5) is 19.3. The van der Waals surface area contributed by atoms with Crippen LogP contribution in [0.4, 0.5) is 0 Å². The highest BCUT2D eigenvalue weighted by atomic mass is 16.3. The van der Waals surface area contributed by atoms with Crippen LogP contribution in [0.1, 0.15) is 0 Å². The Morgan fingerprint density at radius 2 is 1.26 bits per heavy atom. The predicted molar refractivity (Wildman–Crippen MR) is 133 cm³/mol. The molecule has 3 aromatic carbocycles. The number of fused-ring (bicyclic) bond motifs is 5. The van der Waals surface area contributed by atoms with E-state index in [4.69, 9.17) is 19.4 Å². The van der Waals surface area contributed by atoms with Gasteiger partial charge in [0.1, 0.15) is 11.1 Å². The molecule has 0 unspecified atom stereocenters. The highest BCUT2D eigenvalue weighted by Crippen LogP contribution is 2.37. The van der Waals surface area contributed by atoms with Crippen molar-refractivity contribution in [2.24, 2.45) is 0 Å². The fourth-order valence-corrected chi connectivity index (χ4v) is 4.39. The van der Waals surface area contributed by atoms with Crippen LogP contribution >= 0.6 is 0 Å². The summed E-state index contributed by atoms with van der Waals surface area (Å²) in [6.45, 7) is 0. The van der Waals surface area contributed by atoms with Crippen molar-refractivity contribution in [1.82, 2.24) is 24.5 Å². The van der Waals surface area contributed by atoms with Crippen LogP contribution < -0.4 is 0 Å². The second kappa shape index (κ2) is 7.35. The largest absolute Gasteiger partial charge is 0.439 e. The van der Waals surface area contributed by atoms with Crippen molar-refractivity contribution in [2.45, 2.75) is 0 Å². The number of para-hydroxylation sites is 1.